The van der Waals surface area contributed by atoms with E-state index in [-0.39, 0.29) is 17.5 Å². The molecule has 3 aromatic rings. The maximum absolute atomic E-state index is 12.5. The van der Waals surface area contributed by atoms with Crippen LogP contribution in [0.3, 0.4) is 0 Å². The Kier molecular flexibility index (Phi) is 5.64. The number of carbonyl (C=O) groups excluding carboxylic acids is 1. The summed E-state index contributed by atoms with van der Waals surface area (Å²) >= 11 is 5.86. The van der Waals surface area contributed by atoms with Gasteiger partial charge in [0.2, 0.25) is 5.95 Å². The maximum atomic E-state index is 12.5. The number of aryl methyl sites for hydroxylation is 1. The van der Waals surface area contributed by atoms with E-state index >= 15 is 0 Å². The molecule has 0 aliphatic heterocycles. The highest BCUT2D eigenvalue weighted by Crippen LogP contribution is 2.18. The monoisotopic (exact) mass is 377 g/mol. The molecule has 6 nitrogen and oxygen atoms in total. The van der Waals surface area contributed by atoms with Crippen LogP contribution in [0.15, 0.2) is 54.6 Å². The summed E-state index contributed by atoms with van der Waals surface area (Å²) in [7, 11) is 0. The molecule has 7 heteroatoms. The van der Waals surface area contributed by atoms with E-state index in [1.54, 1.807) is 49.4 Å². The van der Waals surface area contributed by atoms with Crippen LogP contribution in [0.1, 0.15) is 27.3 Å². The molecular formula is C20H16ClN5O. The lowest BCUT2D eigenvalue weighted by molar-refractivity contribution is 0.0945. The van der Waals surface area contributed by atoms with Crippen molar-refractivity contribution < 1.29 is 4.79 Å². The first kappa shape index (κ1) is 18.4. The maximum Gasteiger partial charge on any atom is 0.270 e. The zero-order valence-corrected chi connectivity index (χ0v) is 15.3. The number of rotatable bonds is 5. The summed E-state index contributed by atoms with van der Waals surface area (Å²) in [5, 5.41) is 15.7. The van der Waals surface area contributed by atoms with Gasteiger partial charge in [0.1, 0.15) is 11.8 Å². The topological polar surface area (TPSA) is 90.7 Å². The Morgan fingerprint density at radius 3 is 2.63 bits per heavy atom. The molecule has 0 radical (unpaired) electrons. The largest absolute Gasteiger partial charge is 0.347 e. The van der Waals surface area contributed by atoms with Crippen LogP contribution < -0.4 is 10.6 Å². The van der Waals surface area contributed by atoms with Crippen molar-refractivity contribution in [2.45, 2.75) is 13.5 Å². The van der Waals surface area contributed by atoms with E-state index in [9.17, 15) is 10.1 Å². The zero-order chi connectivity index (χ0) is 19.2. The number of para-hydroxylation sites is 1. The highest BCUT2D eigenvalue weighted by atomic mass is 35.5. The number of aromatic nitrogens is 2. The Hall–Kier alpha value is -3.43. The van der Waals surface area contributed by atoms with E-state index in [0.29, 0.717) is 28.5 Å². The van der Waals surface area contributed by atoms with Gasteiger partial charge >= 0.3 is 0 Å². The summed E-state index contributed by atoms with van der Waals surface area (Å²) in [6.07, 6.45) is 0. The molecule has 3 rings (SSSR count). The van der Waals surface area contributed by atoms with Crippen LogP contribution in [0.5, 0.6) is 0 Å². The third-order valence-electron chi connectivity index (χ3n) is 3.75. The second-order valence-electron chi connectivity index (χ2n) is 5.81. The summed E-state index contributed by atoms with van der Waals surface area (Å²) in [4.78, 5) is 21.0. The summed E-state index contributed by atoms with van der Waals surface area (Å²) in [6.45, 7) is 2.14. The van der Waals surface area contributed by atoms with Crippen molar-refractivity contribution >= 4 is 29.1 Å². The molecule has 0 atom stereocenters. The summed E-state index contributed by atoms with van der Waals surface area (Å²) < 4.78 is 0. The van der Waals surface area contributed by atoms with E-state index in [1.165, 1.54) is 0 Å². The van der Waals surface area contributed by atoms with Crippen LogP contribution in [0, 0.1) is 18.3 Å². The zero-order valence-electron chi connectivity index (χ0n) is 14.5. The molecule has 0 fully saturated rings. The van der Waals surface area contributed by atoms with Gasteiger partial charge in [-0.1, -0.05) is 35.9 Å². The Morgan fingerprint density at radius 1 is 1.15 bits per heavy atom. The SMILES string of the molecule is Cc1cc(C(=O)NCc2ccc(Cl)cc2)nc(Nc2ccccc2C#N)n1. The van der Waals surface area contributed by atoms with Crippen LogP contribution in [-0.4, -0.2) is 15.9 Å². The number of amides is 1. The molecule has 134 valence electrons. The molecule has 0 spiro atoms. The van der Waals surface area contributed by atoms with Crippen molar-refractivity contribution in [2.75, 3.05) is 5.32 Å². The number of benzene rings is 2. The molecule has 0 unspecified atom stereocenters. The summed E-state index contributed by atoms with van der Waals surface area (Å²) in [5.74, 6) is -0.0542. The van der Waals surface area contributed by atoms with Gasteiger partial charge in [-0.25, -0.2) is 9.97 Å². The summed E-state index contributed by atoms with van der Waals surface area (Å²) in [6, 6.07) is 18.0. The van der Waals surface area contributed by atoms with Crippen LogP contribution in [-0.2, 0) is 6.54 Å². The quantitative estimate of drug-likeness (QED) is 0.701. The van der Waals surface area contributed by atoms with Crippen molar-refractivity contribution in [1.82, 2.24) is 15.3 Å². The van der Waals surface area contributed by atoms with E-state index in [2.05, 4.69) is 26.7 Å². The predicted octanol–water partition coefficient (Wildman–Crippen LogP) is 3.98. The van der Waals surface area contributed by atoms with Gasteiger partial charge in [-0.3, -0.25) is 4.79 Å². The van der Waals surface area contributed by atoms with E-state index in [1.807, 2.05) is 12.1 Å². The van der Waals surface area contributed by atoms with Gasteiger partial charge < -0.3 is 10.6 Å². The number of nitrogens with one attached hydrogen (secondary N) is 2. The summed E-state index contributed by atoms with van der Waals surface area (Å²) in [5.41, 5.74) is 2.86. The Bertz CT molecular complexity index is 1010. The number of nitrogens with zero attached hydrogens (tertiary/aromatic N) is 3. The molecule has 2 aromatic carbocycles. The number of halogens is 1. The molecular weight excluding hydrogens is 362 g/mol. The van der Waals surface area contributed by atoms with Crippen molar-refractivity contribution in [3.63, 3.8) is 0 Å². The first-order valence-electron chi connectivity index (χ1n) is 8.19. The second-order valence-corrected chi connectivity index (χ2v) is 6.25. The number of carbonyl (C=O) groups is 1. The average Bonchev–Trinajstić information content (AvgIpc) is 2.67. The number of hydrogen-bond acceptors (Lipinski definition) is 5. The van der Waals surface area contributed by atoms with E-state index in [4.69, 9.17) is 11.6 Å². The third-order valence-corrected chi connectivity index (χ3v) is 4.00. The minimum Gasteiger partial charge on any atom is -0.347 e. The molecule has 2 N–H and O–H groups in total. The van der Waals surface area contributed by atoms with Gasteiger partial charge in [-0.05, 0) is 42.8 Å². The van der Waals surface area contributed by atoms with E-state index in [0.717, 1.165) is 5.56 Å². The normalized spacial score (nSPS) is 10.1. The van der Waals surface area contributed by atoms with Crippen LogP contribution >= 0.6 is 11.6 Å². The average molecular weight is 378 g/mol. The van der Waals surface area contributed by atoms with Crippen molar-refractivity contribution in [1.29, 1.82) is 5.26 Å². The van der Waals surface area contributed by atoms with E-state index < -0.39 is 0 Å². The molecule has 27 heavy (non-hydrogen) atoms. The molecule has 1 aromatic heterocycles. The number of hydrogen-bond donors (Lipinski definition) is 2. The van der Waals surface area contributed by atoms with Gasteiger partial charge in [-0.15, -0.1) is 0 Å². The minimum absolute atomic E-state index is 0.244. The lowest BCUT2D eigenvalue weighted by Gasteiger charge is -2.10. The van der Waals surface area contributed by atoms with Gasteiger partial charge in [0.05, 0.1) is 11.3 Å². The van der Waals surface area contributed by atoms with Gasteiger partial charge in [-0.2, -0.15) is 5.26 Å². The molecule has 0 aliphatic carbocycles. The van der Waals surface area contributed by atoms with Crippen molar-refractivity contribution in [3.05, 3.63) is 82.1 Å². The molecule has 0 saturated carbocycles. The van der Waals surface area contributed by atoms with Crippen LogP contribution in [0.4, 0.5) is 11.6 Å². The fraction of sp³-hybridized carbons (Fsp3) is 0.100. The minimum atomic E-state index is -0.313. The lowest BCUT2D eigenvalue weighted by Crippen LogP contribution is -2.24. The molecule has 1 amide bonds. The predicted molar refractivity (Wildman–Crippen MR) is 104 cm³/mol. The highest BCUT2D eigenvalue weighted by molar-refractivity contribution is 6.30. The standard InChI is InChI=1S/C20H16ClN5O/c1-13-10-18(19(27)23-12-14-6-8-16(21)9-7-14)26-20(24-13)25-17-5-3-2-4-15(17)11-22/h2-10H,12H2,1H3,(H,23,27)(H,24,25,26). The second kappa shape index (κ2) is 8.30. The Balaban J connectivity index is 1.75. The van der Waals surface area contributed by atoms with Crippen LogP contribution in [0.25, 0.3) is 0 Å². The van der Waals surface area contributed by atoms with Gasteiger partial charge in [0.25, 0.3) is 5.91 Å². The molecule has 0 aliphatic rings. The Labute approximate surface area is 161 Å². The smallest absolute Gasteiger partial charge is 0.270 e. The third kappa shape index (κ3) is 4.81. The first-order chi connectivity index (χ1) is 13.0. The van der Waals surface area contributed by atoms with Gasteiger partial charge in [0.15, 0.2) is 0 Å². The lowest BCUT2D eigenvalue weighted by atomic mass is 10.2. The number of anilines is 2. The molecule has 0 saturated heterocycles. The van der Waals surface area contributed by atoms with Crippen LogP contribution in [0.2, 0.25) is 5.02 Å². The Morgan fingerprint density at radius 2 is 1.89 bits per heavy atom. The fourth-order valence-corrected chi connectivity index (χ4v) is 2.55. The van der Waals surface area contributed by atoms with Gasteiger partial charge in [0, 0.05) is 17.3 Å². The van der Waals surface area contributed by atoms with Crippen molar-refractivity contribution in [2.24, 2.45) is 0 Å². The fourth-order valence-electron chi connectivity index (χ4n) is 2.43. The highest BCUT2D eigenvalue weighted by Gasteiger charge is 2.11. The first-order valence-corrected chi connectivity index (χ1v) is 8.57. The number of nitriles is 1. The molecule has 1 heterocycles. The van der Waals surface area contributed by atoms with Crippen molar-refractivity contribution in [3.8, 4) is 6.07 Å². The molecule has 0 bridgehead atoms.